The van der Waals surface area contributed by atoms with Crippen molar-refractivity contribution in [1.82, 2.24) is 5.32 Å². The Bertz CT molecular complexity index is 158. The summed E-state index contributed by atoms with van der Waals surface area (Å²) in [6, 6.07) is 0. The summed E-state index contributed by atoms with van der Waals surface area (Å²) >= 11 is 0. The predicted octanol–water partition coefficient (Wildman–Crippen LogP) is -0.316. The van der Waals surface area contributed by atoms with Crippen LogP contribution >= 0.6 is 0 Å². The van der Waals surface area contributed by atoms with Gasteiger partial charge in [-0.15, -0.1) is 0 Å². The van der Waals surface area contributed by atoms with E-state index in [4.69, 9.17) is 5.73 Å². The van der Waals surface area contributed by atoms with Crippen LogP contribution in [0.2, 0.25) is 0 Å². The van der Waals surface area contributed by atoms with Gasteiger partial charge in [0.15, 0.2) is 5.96 Å². The maximum Gasteiger partial charge on any atom is 0.188 e. The van der Waals surface area contributed by atoms with Crippen LogP contribution < -0.4 is 11.1 Å². The lowest BCUT2D eigenvalue weighted by Crippen LogP contribution is -2.41. The van der Waals surface area contributed by atoms with Gasteiger partial charge in [0.05, 0.1) is 6.54 Å². The van der Waals surface area contributed by atoms with Crippen molar-refractivity contribution >= 4 is 5.96 Å². The molecule has 0 aromatic carbocycles. The van der Waals surface area contributed by atoms with Gasteiger partial charge in [0.25, 0.3) is 0 Å². The van der Waals surface area contributed by atoms with Gasteiger partial charge in [-0.3, -0.25) is 4.99 Å². The topological polar surface area (TPSA) is 50.4 Å². The Labute approximate surface area is 54.3 Å². The molecular weight excluding hydrogens is 114 g/mol. The van der Waals surface area contributed by atoms with Crippen LogP contribution in [0.15, 0.2) is 4.99 Å². The van der Waals surface area contributed by atoms with E-state index >= 15 is 0 Å². The van der Waals surface area contributed by atoms with Crippen molar-refractivity contribution in [3.8, 4) is 0 Å². The van der Waals surface area contributed by atoms with Crippen molar-refractivity contribution in [2.24, 2.45) is 16.1 Å². The van der Waals surface area contributed by atoms with Crippen LogP contribution in [0.5, 0.6) is 0 Å². The molecule has 3 nitrogen and oxygen atoms in total. The van der Waals surface area contributed by atoms with Gasteiger partial charge in [-0.05, 0) is 12.8 Å². The highest BCUT2D eigenvalue weighted by Gasteiger charge is 2.43. The smallest absolute Gasteiger partial charge is 0.188 e. The van der Waals surface area contributed by atoms with Crippen molar-refractivity contribution in [2.75, 3.05) is 13.1 Å². The Hall–Kier alpha value is -0.730. The van der Waals surface area contributed by atoms with E-state index in [-0.39, 0.29) is 0 Å². The van der Waals surface area contributed by atoms with Crippen LogP contribution in [-0.2, 0) is 0 Å². The minimum absolute atomic E-state index is 0.531. The molecule has 1 fully saturated rings. The third-order valence-electron chi connectivity index (χ3n) is 2.19. The van der Waals surface area contributed by atoms with Gasteiger partial charge in [-0.1, -0.05) is 0 Å². The highest BCUT2D eigenvalue weighted by atomic mass is 15.1. The monoisotopic (exact) mass is 125 g/mol. The molecule has 3 heteroatoms. The van der Waals surface area contributed by atoms with E-state index in [1.54, 1.807) is 0 Å². The molecule has 0 unspecified atom stereocenters. The Balaban J connectivity index is 2.07. The molecule has 0 aromatic heterocycles. The molecule has 1 heterocycles. The minimum atomic E-state index is 0.531. The SMILES string of the molecule is NC1=NCC2(CC2)CN1. The number of nitrogens with zero attached hydrogens (tertiary/aromatic N) is 1. The van der Waals surface area contributed by atoms with Crippen molar-refractivity contribution < 1.29 is 0 Å². The Kier molecular flexibility index (Phi) is 0.793. The summed E-state index contributed by atoms with van der Waals surface area (Å²) in [6.45, 7) is 1.99. The summed E-state index contributed by atoms with van der Waals surface area (Å²) in [5, 5.41) is 3.06. The van der Waals surface area contributed by atoms with Gasteiger partial charge in [0.1, 0.15) is 0 Å². The Morgan fingerprint density at radius 3 is 2.78 bits per heavy atom. The lowest BCUT2D eigenvalue weighted by molar-refractivity contribution is 0.489. The number of nitrogens with one attached hydrogen (secondary N) is 1. The molecule has 2 aliphatic rings. The van der Waals surface area contributed by atoms with E-state index in [0.717, 1.165) is 13.1 Å². The molecule has 50 valence electrons. The van der Waals surface area contributed by atoms with Crippen LogP contribution in [0, 0.1) is 5.41 Å². The summed E-state index contributed by atoms with van der Waals surface area (Å²) in [5.74, 6) is 0.618. The van der Waals surface area contributed by atoms with Crippen LogP contribution in [0.3, 0.4) is 0 Å². The van der Waals surface area contributed by atoms with Crippen molar-refractivity contribution in [1.29, 1.82) is 0 Å². The van der Waals surface area contributed by atoms with E-state index in [0.29, 0.717) is 11.4 Å². The predicted molar refractivity (Wildman–Crippen MR) is 36.2 cm³/mol. The van der Waals surface area contributed by atoms with E-state index in [1.165, 1.54) is 12.8 Å². The zero-order valence-corrected chi connectivity index (χ0v) is 5.35. The lowest BCUT2D eigenvalue weighted by Gasteiger charge is -2.19. The maximum atomic E-state index is 5.42. The molecule has 0 amide bonds. The fourth-order valence-corrected chi connectivity index (χ4v) is 1.15. The van der Waals surface area contributed by atoms with E-state index in [2.05, 4.69) is 10.3 Å². The molecule has 0 atom stereocenters. The number of hydrogen-bond acceptors (Lipinski definition) is 3. The summed E-state index contributed by atoms with van der Waals surface area (Å²) in [4.78, 5) is 4.13. The van der Waals surface area contributed by atoms with E-state index in [1.807, 2.05) is 0 Å². The molecule has 1 aliphatic carbocycles. The number of nitrogens with two attached hydrogens (primary N) is 1. The second-order valence-electron chi connectivity index (χ2n) is 3.06. The van der Waals surface area contributed by atoms with E-state index < -0.39 is 0 Å². The van der Waals surface area contributed by atoms with Gasteiger partial charge >= 0.3 is 0 Å². The molecule has 1 spiro atoms. The second-order valence-corrected chi connectivity index (χ2v) is 3.06. The summed E-state index contributed by atoms with van der Waals surface area (Å²) in [5.41, 5.74) is 5.95. The molecule has 0 aromatic rings. The molecule has 0 radical (unpaired) electrons. The molecule has 9 heavy (non-hydrogen) atoms. The average molecular weight is 125 g/mol. The second kappa shape index (κ2) is 1.40. The number of guanidine groups is 1. The van der Waals surface area contributed by atoms with Crippen molar-refractivity contribution in [2.45, 2.75) is 12.8 Å². The van der Waals surface area contributed by atoms with Crippen molar-refractivity contribution in [3.05, 3.63) is 0 Å². The third-order valence-corrected chi connectivity index (χ3v) is 2.19. The molecular formula is C6H11N3. The largest absolute Gasteiger partial charge is 0.370 e. The van der Waals surface area contributed by atoms with Gasteiger partial charge in [-0.2, -0.15) is 0 Å². The van der Waals surface area contributed by atoms with Crippen LogP contribution in [0.1, 0.15) is 12.8 Å². The Morgan fingerprint density at radius 1 is 1.56 bits per heavy atom. The molecule has 0 saturated heterocycles. The maximum absolute atomic E-state index is 5.42. The van der Waals surface area contributed by atoms with Gasteiger partial charge in [0.2, 0.25) is 0 Å². The van der Waals surface area contributed by atoms with Gasteiger partial charge in [-0.25, -0.2) is 0 Å². The number of aliphatic imine (C=N–C) groups is 1. The highest BCUT2D eigenvalue weighted by molar-refractivity contribution is 5.78. The fraction of sp³-hybridized carbons (Fsp3) is 0.833. The third kappa shape index (κ3) is 0.763. The standard InChI is InChI=1S/C6H11N3/c7-5-8-3-6(1-2-6)4-9-5/h1-4H2,(H3,7,8,9). The molecule has 1 aliphatic heterocycles. The van der Waals surface area contributed by atoms with Crippen LogP contribution in [0.25, 0.3) is 0 Å². The van der Waals surface area contributed by atoms with Gasteiger partial charge < -0.3 is 11.1 Å². The average Bonchev–Trinajstić information content (AvgIpc) is 2.60. The van der Waals surface area contributed by atoms with Crippen molar-refractivity contribution in [3.63, 3.8) is 0 Å². The highest BCUT2D eigenvalue weighted by Crippen LogP contribution is 2.45. The van der Waals surface area contributed by atoms with E-state index in [9.17, 15) is 0 Å². The summed E-state index contributed by atoms with van der Waals surface area (Å²) < 4.78 is 0. The Morgan fingerprint density at radius 2 is 2.33 bits per heavy atom. The minimum Gasteiger partial charge on any atom is -0.370 e. The van der Waals surface area contributed by atoms with Crippen LogP contribution in [-0.4, -0.2) is 19.0 Å². The quantitative estimate of drug-likeness (QED) is 0.466. The molecule has 0 bridgehead atoms. The fourth-order valence-electron chi connectivity index (χ4n) is 1.15. The first kappa shape index (κ1) is 5.09. The number of rotatable bonds is 0. The molecule has 3 N–H and O–H groups in total. The van der Waals surface area contributed by atoms with Crippen LogP contribution in [0.4, 0.5) is 0 Å². The number of hydrogen-bond donors (Lipinski definition) is 2. The van der Waals surface area contributed by atoms with Gasteiger partial charge in [0, 0.05) is 12.0 Å². The lowest BCUT2D eigenvalue weighted by atomic mass is 10.1. The first-order valence-electron chi connectivity index (χ1n) is 3.35. The molecule has 2 rings (SSSR count). The zero-order chi connectivity index (χ0) is 6.32. The summed E-state index contributed by atoms with van der Waals surface area (Å²) in [7, 11) is 0. The first-order chi connectivity index (χ1) is 4.31. The zero-order valence-electron chi connectivity index (χ0n) is 5.35. The summed E-state index contributed by atoms with van der Waals surface area (Å²) in [6.07, 6.45) is 2.66. The molecule has 1 saturated carbocycles. The first-order valence-corrected chi connectivity index (χ1v) is 3.35. The normalized spacial score (nSPS) is 29.1.